The van der Waals surface area contributed by atoms with Crippen LogP contribution in [0.3, 0.4) is 0 Å². The van der Waals surface area contributed by atoms with Crippen molar-refractivity contribution >= 4 is 52.2 Å². The Labute approximate surface area is 152 Å². The molecule has 0 unspecified atom stereocenters. The van der Waals surface area contributed by atoms with Crippen molar-refractivity contribution in [2.45, 2.75) is 5.16 Å². The van der Waals surface area contributed by atoms with Crippen LogP contribution < -0.4 is 10.1 Å². The fourth-order valence-electron chi connectivity index (χ4n) is 2.03. The van der Waals surface area contributed by atoms with Crippen molar-refractivity contribution in [3.63, 3.8) is 0 Å². The number of methoxy groups -OCH3 is 1. The predicted molar refractivity (Wildman–Crippen MR) is 95.4 cm³/mol. The van der Waals surface area contributed by atoms with Gasteiger partial charge in [0.05, 0.1) is 22.9 Å². The number of hydrogen-bond acceptors (Lipinski definition) is 5. The molecule has 3 rings (SSSR count). The molecule has 0 saturated heterocycles. The lowest BCUT2D eigenvalue weighted by atomic mass is 10.3. The number of carbonyl (C=O) groups excluding carboxylic acids is 1. The fourth-order valence-corrected chi connectivity index (χ4v) is 3.25. The standard InChI is InChI=1S/C15H12Cl2N4O2S/c1-23-11-4-2-3-10(6-11)18-13(22)8-24-15-20-19-14-12(17)5-9(16)7-21(14)15/h2-7H,8H2,1H3,(H,18,22). The van der Waals surface area contributed by atoms with E-state index >= 15 is 0 Å². The smallest absolute Gasteiger partial charge is 0.234 e. The molecular formula is C15H12Cl2N4O2S. The highest BCUT2D eigenvalue weighted by molar-refractivity contribution is 7.99. The average molecular weight is 383 g/mol. The van der Waals surface area contributed by atoms with Crippen LogP contribution in [0.25, 0.3) is 5.65 Å². The maximum Gasteiger partial charge on any atom is 0.234 e. The second-order valence-electron chi connectivity index (χ2n) is 4.75. The summed E-state index contributed by atoms with van der Waals surface area (Å²) in [4.78, 5) is 12.1. The molecule has 9 heteroatoms. The normalized spacial score (nSPS) is 10.8. The van der Waals surface area contributed by atoms with Crippen LogP contribution in [-0.4, -0.2) is 33.4 Å². The molecule has 0 bridgehead atoms. The van der Waals surface area contributed by atoms with Crippen molar-refractivity contribution in [2.24, 2.45) is 0 Å². The van der Waals surface area contributed by atoms with Gasteiger partial charge in [-0.3, -0.25) is 9.20 Å². The van der Waals surface area contributed by atoms with E-state index in [2.05, 4.69) is 15.5 Å². The number of ether oxygens (including phenoxy) is 1. The zero-order valence-electron chi connectivity index (χ0n) is 12.5. The van der Waals surface area contributed by atoms with E-state index < -0.39 is 0 Å². The van der Waals surface area contributed by atoms with E-state index in [0.717, 1.165) is 0 Å². The molecule has 0 radical (unpaired) electrons. The fraction of sp³-hybridized carbons (Fsp3) is 0.133. The Morgan fingerprint density at radius 1 is 1.33 bits per heavy atom. The van der Waals surface area contributed by atoms with Crippen LogP contribution in [0, 0.1) is 0 Å². The second kappa shape index (κ2) is 7.29. The van der Waals surface area contributed by atoms with Crippen molar-refractivity contribution in [2.75, 3.05) is 18.2 Å². The van der Waals surface area contributed by atoms with Gasteiger partial charge in [-0.25, -0.2) is 0 Å². The molecule has 0 fully saturated rings. The molecule has 0 aliphatic heterocycles. The van der Waals surface area contributed by atoms with Gasteiger partial charge in [0, 0.05) is 18.0 Å². The van der Waals surface area contributed by atoms with E-state index in [-0.39, 0.29) is 11.7 Å². The van der Waals surface area contributed by atoms with Gasteiger partial charge in [0.15, 0.2) is 10.8 Å². The number of nitrogens with one attached hydrogen (secondary N) is 1. The van der Waals surface area contributed by atoms with E-state index in [1.165, 1.54) is 11.8 Å². The number of carbonyl (C=O) groups is 1. The predicted octanol–water partition coefficient (Wildman–Crippen LogP) is 3.78. The van der Waals surface area contributed by atoms with Crippen LogP contribution >= 0.6 is 35.0 Å². The molecule has 1 aromatic carbocycles. The van der Waals surface area contributed by atoms with Gasteiger partial charge in [0.25, 0.3) is 0 Å². The van der Waals surface area contributed by atoms with Gasteiger partial charge < -0.3 is 10.1 Å². The minimum absolute atomic E-state index is 0.168. The minimum atomic E-state index is -0.168. The van der Waals surface area contributed by atoms with E-state index in [9.17, 15) is 4.79 Å². The van der Waals surface area contributed by atoms with Crippen molar-refractivity contribution in [3.8, 4) is 5.75 Å². The maximum atomic E-state index is 12.1. The van der Waals surface area contributed by atoms with Gasteiger partial charge in [-0.05, 0) is 18.2 Å². The molecule has 3 aromatic rings. The highest BCUT2D eigenvalue weighted by Gasteiger charge is 2.12. The van der Waals surface area contributed by atoms with Crippen molar-refractivity contribution in [1.82, 2.24) is 14.6 Å². The third-order valence-electron chi connectivity index (χ3n) is 3.08. The van der Waals surface area contributed by atoms with Crippen molar-refractivity contribution in [1.29, 1.82) is 0 Å². The first-order chi connectivity index (χ1) is 11.6. The van der Waals surface area contributed by atoms with Crippen molar-refractivity contribution in [3.05, 3.63) is 46.6 Å². The largest absolute Gasteiger partial charge is 0.497 e. The van der Waals surface area contributed by atoms with Gasteiger partial charge in [-0.2, -0.15) is 0 Å². The first-order valence-corrected chi connectivity index (χ1v) is 8.57. The molecule has 0 saturated carbocycles. The second-order valence-corrected chi connectivity index (χ2v) is 6.54. The zero-order valence-corrected chi connectivity index (χ0v) is 14.8. The third-order valence-corrected chi connectivity index (χ3v) is 4.51. The summed E-state index contributed by atoms with van der Waals surface area (Å²) in [5.41, 5.74) is 1.16. The SMILES string of the molecule is COc1cccc(NC(=O)CSc2nnc3c(Cl)cc(Cl)cn23)c1. The van der Waals surface area contributed by atoms with E-state index in [4.69, 9.17) is 27.9 Å². The molecule has 6 nitrogen and oxygen atoms in total. The quantitative estimate of drug-likeness (QED) is 0.680. The lowest BCUT2D eigenvalue weighted by Crippen LogP contribution is -2.14. The maximum absolute atomic E-state index is 12.1. The Morgan fingerprint density at radius 3 is 2.96 bits per heavy atom. The number of nitrogens with zero attached hydrogens (tertiary/aromatic N) is 3. The van der Waals surface area contributed by atoms with E-state index in [1.54, 1.807) is 48.0 Å². The number of halogens is 2. The first kappa shape index (κ1) is 16.9. The summed E-state index contributed by atoms with van der Waals surface area (Å²) in [6.07, 6.45) is 1.66. The summed E-state index contributed by atoms with van der Waals surface area (Å²) >= 11 is 13.3. The summed E-state index contributed by atoms with van der Waals surface area (Å²) < 4.78 is 6.78. The number of thioether (sulfide) groups is 1. The van der Waals surface area contributed by atoms with Gasteiger partial charge in [0.1, 0.15) is 5.75 Å². The Morgan fingerprint density at radius 2 is 2.17 bits per heavy atom. The minimum Gasteiger partial charge on any atom is -0.497 e. The molecule has 2 heterocycles. The van der Waals surface area contributed by atoms with Gasteiger partial charge >= 0.3 is 0 Å². The Bertz CT molecular complexity index is 900. The Kier molecular flexibility index (Phi) is 5.13. The zero-order chi connectivity index (χ0) is 17.1. The Hall–Kier alpha value is -1.96. The molecule has 1 amide bonds. The summed E-state index contributed by atoms with van der Waals surface area (Å²) in [5, 5.41) is 12.2. The average Bonchev–Trinajstić information content (AvgIpc) is 2.96. The van der Waals surface area contributed by atoms with Crippen LogP contribution in [0.4, 0.5) is 5.69 Å². The molecule has 24 heavy (non-hydrogen) atoms. The number of rotatable bonds is 5. The molecule has 1 N–H and O–H groups in total. The molecule has 0 spiro atoms. The van der Waals surface area contributed by atoms with E-state index in [0.29, 0.717) is 32.3 Å². The number of pyridine rings is 1. The van der Waals surface area contributed by atoms with Crippen LogP contribution in [-0.2, 0) is 4.79 Å². The van der Waals surface area contributed by atoms with Crippen LogP contribution in [0.5, 0.6) is 5.75 Å². The van der Waals surface area contributed by atoms with Crippen LogP contribution in [0.2, 0.25) is 10.0 Å². The molecule has 2 aromatic heterocycles. The number of amides is 1. The van der Waals surface area contributed by atoms with Crippen LogP contribution in [0.1, 0.15) is 0 Å². The molecular weight excluding hydrogens is 371 g/mol. The monoisotopic (exact) mass is 382 g/mol. The topological polar surface area (TPSA) is 68.5 Å². The molecule has 0 aliphatic carbocycles. The highest BCUT2D eigenvalue weighted by atomic mass is 35.5. The number of aromatic nitrogens is 3. The lowest BCUT2D eigenvalue weighted by molar-refractivity contribution is -0.113. The molecule has 0 aliphatic rings. The van der Waals surface area contributed by atoms with Gasteiger partial charge in [-0.1, -0.05) is 41.0 Å². The highest BCUT2D eigenvalue weighted by Crippen LogP contribution is 2.25. The molecule has 0 atom stereocenters. The van der Waals surface area contributed by atoms with Crippen LogP contribution in [0.15, 0.2) is 41.7 Å². The lowest BCUT2D eigenvalue weighted by Gasteiger charge is -2.06. The molecule has 124 valence electrons. The first-order valence-electron chi connectivity index (χ1n) is 6.83. The summed E-state index contributed by atoms with van der Waals surface area (Å²) in [7, 11) is 1.57. The summed E-state index contributed by atoms with van der Waals surface area (Å²) in [6.45, 7) is 0. The number of benzene rings is 1. The third kappa shape index (κ3) is 3.75. The Balaban J connectivity index is 1.68. The number of hydrogen-bond donors (Lipinski definition) is 1. The van der Waals surface area contributed by atoms with Gasteiger partial charge in [0.2, 0.25) is 5.91 Å². The summed E-state index contributed by atoms with van der Waals surface area (Å²) in [6, 6.07) is 8.74. The number of fused-ring (bicyclic) bond motifs is 1. The van der Waals surface area contributed by atoms with Crippen molar-refractivity contribution < 1.29 is 9.53 Å². The van der Waals surface area contributed by atoms with E-state index in [1.807, 2.05) is 0 Å². The number of anilines is 1. The van der Waals surface area contributed by atoms with Gasteiger partial charge in [-0.15, -0.1) is 10.2 Å². The summed E-state index contributed by atoms with van der Waals surface area (Å²) in [5.74, 6) is 0.675.